The molecule has 2 amide bonds. The zero-order valence-corrected chi connectivity index (χ0v) is 16.2. The number of hydrogen-bond acceptors (Lipinski definition) is 3. The first-order valence-electron chi connectivity index (χ1n) is 9.57. The number of unbranched alkanes of at least 4 members (excludes halogenated alkanes) is 3. The molecule has 0 spiro atoms. The van der Waals surface area contributed by atoms with Crippen LogP contribution in [0.25, 0.3) is 0 Å². The summed E-state index contributed by atoms with van der Waals surface area (Å²) in [7, 11) is 0. The van der Waals surface area contributed by atoms with E-state index >= 15 is 0 Å². The summed E-state index contributed by atoms with van der Waals surface area (Å²) in [6.45, 7) is 4.34. The van der Waals surface area contributed by atoms with E-state index in [4.69, 9.17) is 0 Å². The summed E-state index contributed by atoms with van der Waals surface area (Å²) in [6.07, 6.45) is 4.99. The highest BCUT2D eigenvalue weighted by Gasteiger charge is 2.03. The lowest BCUT2D eigenvalue weighted by atomic mass is 10.1. The van der Waals surface area contributed by atoms with Gasteiger partial charge in [-0.3, -0.25) is 9.59 Å². The van der Waals surface area contributed by atoms with Gasteiger partial charge in [-0.05, 0) is 48.4 Å². The van der Waals surface area contributed by atoms with Gasteiger partial charge in [0.2, 0.25) is 11.8 Å². The van der Waals surface area contributed by atoms with Crippen molar-refractivity contribution in [3.05, 3.63) is 54.1 Å². The predicted octanol–water partition coefficient (Wildman–Crippen LogP) is 5.17. The second kappa shape index (κ2) is 11.0. The van der Waals surface area contributed by atoms with E-state index in [2.05, 4.69) is 22.9 Å². The van der Waals surface area contributed by atoms with Gasteiger partial charge in [-0.25, -0.2) is 0 Å². The molecule has 0 aromatic heterocycles. The average Bonchev–Trinajstić information content (AvgIpc) is 2.65. The minimum atomic E-state index is -0.0750. The molecule has 144 valence electrons. The van der Waals surface area contributed by atoms with Crippen LogP contribution in [-0.2, 0) is 16.1 Å². The first kappa shape index (κ1) is 20.5. The highest BCUT2D eigenvalue weighted by atomic mass is 16.2. The first-order chi connectivity index (χ1) is 13.1. The van der Waals surface area contributed by atoms with E-state index in [9.17, 15) is 9.59 Å². The highest BCUT2D eigenvalue weighted by molar-refractivity contribution is 5.90. The Morgan fingerprint density at radius 3 is 2.00 bits per heavy atom. The van der Waals surface area contributed by atoms with Crippen LogP contribution in [0.1, 0.15) is 51.5 Å². The van der Waals surface area contributed by atoms with Gasteiger partial charge in [0, 0.05) is 37.0 Å². The van der Waals surface area contributed by atoms with Crippen LogP contribution in [0.2, 0.25) is 0 Å². The number of rotatable bonds is 10. The SMILES string of the molecule is CCCCCCC(=O)Nc1ccc(NCc2ccc(NC(C)=O)cc2)cc1. The van der Waals surface area contributed by atoms with E-state index in [-0.39, 0.29) is 11.8 Å². The van der Waals surface area contributed by atoms with Crippen LogP contribution >= 0.6 is 0 Å². The standard InChI is InChI=1S/C22H29N3O2/c1-3-4-5-6-7-22(27)25-21-14-12-19(13-15-21)23-16-18-8-10-20(11-9-18)24-17(2)26/h8-15,23H,3-7,16H2,1-2H3,(H,24,26)(H,25,27). The van der Waals surface area contributed by atoms with Crippen LogP contribution in [0.5, 0.6) is 0 Å². The van der Waals surface area contributed by atoms with Crippen LogP contribution in [0.3, 0.4) is 0 Å². The minimum Gasteiger partial charge on any atom is -0.381 e. The molecule has 0 radical (unpaired) electrons. The van der Waals surface area contributed by atoms with Crippen molar-refractivity contribution < 1.29 is 9.59 Å². The zero-order valence-electron chi connectivity index (χ0n) is 16.2. The number of carbonyl (C=O) groups is 2. The quantitative estimate of drug-likeness (QED) is 0.508. The fraction of sp³-hybridized carbons (Fsp3) is 0.364. The fourth-order valence-corrected chi connectivity index (χ4v) is 2.72. The summed E-state index contributed by atoms with van der Waals surface area (Å²) in [5, 5.41) is 9.04. The summed E-state index contributed by atoms with van der Waals surface area (Å²) in [5.41, 5.74) is 3.72. The van der Waals surface area contributed by atoms with Crippen molar-refractivity contribution in [2.45, 2.75) is 52.5 Å². The number of carbonyl (C=O) groups excluding carboxylic acids is 2. The third-order valence-electron chi connectivity index (χ3n) is 4.20. The molecule has 2 rings (SSSR count). The number of hydrogen-bond donors (Lipinski definition) is 3. The Morgan fingerprint density at radius 1 is 0.778 bits per heavy atom. The average molecular weight is 367 g/mol. The topological polar surface area (TPSA) is 70.2 Å². The molecule has 0 unspecified atom stereocenters. The van der Waals surface area contributed by atoms with E-state index in [0.717, 1.165) is 35.5 Å². The lowest BCUT2D eigenvalue weighted by Gasteiger charge is -2.10. The van der Waals surface area contributed by atoms with Crippen molar-refractivity contribution in [2.75, 3.05) is 16.0 Å². The molecule has 2 aromatic rings. The molecule has 0 aliphatic heterocycles. The molecule has 3 N–H and O–H groups in total. The first-order valence-corrected chi connectivity index (χ1v) is 9.57. The van der Waals surface area contributed by atoms with E-state index in [0.29, 0.717) is 13.0 Å². The van der Waals surface area contributed by atoms with Gasteiger partial charge in [0.25, 0.3) is 0 Å². The van der Waals surface area contributed by atoms with E-state index in [1.54, 1.807) is 0 Å². The lowest BCUT2D eigenvalue weighted by molar-refractivity contribution is -0.116. The van der Waals surface area contributed by atoms with Gasteiger partial charge in [-0.15, -0.1) is 0 Å². The van der Waals surface area contributed by atoms with Crippen LogP contribution in [0.15, 0.2) is 48.5 Å². The van der Waals surface area contributed by atoms with Crippen molar-refractivity contribution in [3.8, 4) is 0 Å². The lowest BCUT2D eigenvalue weighted by Crippen LogP contribution is -2.11. The van der Waals surface area contributed by atoms with Crippen LogP contribution in [0.4, 0.5) is 17.1 Å². The number of anilines is 3. The fourth-order valence-electron chi connectivity index (χ4n) is 2.72. The maximum atomic E-state index is 11.9. The molecule has 0 atom stereocenters. The van der Waals surface area contributed by atoms with Crippen LogP contribution in [0, 0.1) is 0 Å². The summed E-state index contributed by atoms with van der Waals surface area (Å²) in [5.74, 6) is 0.0000811. The molecule has 2 aromatic carbocycles. The molecule has 0 bridgehead atoms. The number of benzene rings is 2. The van der Waals surface area contributed by atoms with E-state index < -0.39 is 0 Å². The van der Waals surface area contributed by atoms with Crippen molar-refractivity contribution in [2.24, 2.45) is 0 Å². The Kier molecular flexibility index (Phi) is 8.36. The molecule has 5 heteroatoms. The van der Waals surface area contributed by atoms with Crippen molar-refractivity contribution in [1.29, 1.82) is 0 Å². The maximum Gasteiger partial charge on any atom is 0.224 e. The Labute approximate surface area is 161 Å². The van der Waals surface area contributed by atoms with Gasteiger partial charge in [0.1, 0.15) is 0 Å². The Morgan fingerprint density at radius 2 is 1.37 bits per heavy atom. The Balaban J connectivity index is 1.76. The molecule has 0 saturated heterocycles. The molecule has 0 fully saturated rings. The number of nitrogens with one attached hydrogen (secondary N) is 3. The molecule has 0 saturated carbocycles. The van der Waals surface area contributed by atoms with Gasteiger partial charge >= 0.3 is 0 Å². The smallest absolute Gasteiger partial charge is 0.224 e. The summed E-state index contributed by atoms with van der Waals surface area (Å²) >= 11 is 0. The van der Waals surface area contributed by atoms with Gasteiger partial charge in [0.05, 0.1) is 0 Å². The predicted molar refractivity (Wildman–Crippen MR) is 112 cm³/mol. The molecular formula is C22H29N3O2. The molecule has 5 nitrogen and oxygen atoms in total. The summed E-state index contributed by atoms with van der Waals surface area (Å²) in [4.78, 5) is 22.9. The molecular weight excluding hydrogens is 338 g/mol. The Bertz CT molecular complexity index is 724. The molecule has 0 aliphatic rings. The molecule has 27 heavy (non-hydrogen) atoms. The summed E-state index contributed by atoms with van der Waals surface area (Å²) < 4.78 is 0. The third kappa shape index (κ3) is 7.94. The van der Waals surface area contributed by atoms with Crippen molar-refractivity contribution >= 4 is 28.9 Å². The minimum absolute atomic E-state index is 0.0750. The van der Waals surface area contributed by atoms with Crippen molar-refractivity contribution in [1.82, 2.24) is 0 Å². The summed E-state index contributed by atoms with van der Waals surface area (Å²) in [6, 6.07) is 15.5. The van der Waals surface area contributed by atoms with E-state index in [1.165, 1.54) is 19.8 Å². The van der Waals surface area contributed by atoms with Gasteiger partial charge < -0.3 is 16.0 Å². The normalized spacial score (nSPS) is 10.3. The largest absolute Gasteiger partial charge is 0.381 e. The van der Waals surface area contributed by atoms with Crippen LogP contribution in [-0.4, -0.2) is 11.8 Å². The zero-order chi connectivity index (χ0) is 19.5. The second-order valence-corrected chi connectivity index (χ2v) is 6.67. The monoisotopic (exact) mass is 367 g/mol. The highest BCUT2D eigenvalue weighted by Crippen LogP contribution is 2.16. The Hall–Kier alpha value is -2.82. The van der Waals surface area contributed by atoms with Gasteiger partial charge in [-0.1, -0.05) is 38.3 Å². The van der Waals surface area contributed by atoms with Crippen LogP contribution < -0.4 is 16.0 Å². The van der Waals surface area contributed by atoms with Crippen molar-refractivity contribution in [3.63, 3.8) is 0 Å². The van der Waals surface area contributed by atoms with Gasteiger partial charge in [0.15, 0.2) is 0 Å². The molecule has 0 aliphatic carbocycles. The third-order valence-corrected chi connectivity index (χ3v) is 4.20. The molecule has 0 heterocycles. The maximum absolute atomic E-state index is 11.9. The van der Waals surface area contributed by atoms with E-state index in [1.807, 2.05) is 48.5 Å². The van der Waals surface area contributed by atoms with Gasteiger partial charge in [-0.2, -0.15) is 0 Å². The number of amides is 2. The second-order valence-electron chi connectivity index (χ2n) is 6.67.